The molecular weight excluding hydrogens is 283 g/mol. The summed E-state index contributed by atoms with van der Waals surface area (Å²) >= 11 is 0. The van der Waals surface area contributed by atoms with Gasteiger partial charge in [-0.05, 0) is 56.9 Å². The fraction of sp³-hybridized carbons (Fsp3) is 0.438. The molecule has 0 aliphatic heterocycles. The van der Waals surface area contributed by atoms with Crippen LogP contribution < -0.4 is 0 Å². The lowest BCUT2D eigenvalue weighted by atomic mass is 10.2. The first-order valence-corrected chi connectivity index (χ1v) is 7.44. The van der Waals surface area contributed by atoms with Crippen LogP contribution in [0.1, 0.15) is 36.2 Å². The zero-order valence-corrected chi connectivity index (χ0v) is 13.0. The summed E-state index contributed by atoms with van der Waals surface area (Å²) in [5.74, 6) is 0.882. The second-order valence-corrected chi connectivity index (χ2v) is 5.86. The maximum Gasteiger partial charge on any atom is 0.293 e. The van der Waals surface area contributed by atoms with Crippen molar-refractivity contribution in [1.29, 1.82) is 0 Å². The van der Waals surface area contributed by atoms with E-state index in [4.69, 9.17) is 0 Å². The number of carbonyl (C=O) groups excluding carboxylic acids is 1. The molecule has 5 nitrogen and oxygen atoms in total. The summed E-state index contributed by atoms with van der Waals surface area (Å²) in [6.45, 7) is 3.83. The van der Waals surface area contributed by atoms with Crippen molar-refractivity contribution in [2.24, 2.45) is 5.92 Å². The summed E-state index contributed by atoms with van der Waals surface area (Å²) in [4.78, 5) is 18.5. The number of aryl methyl sites for hydroxylation is 1. The zero-order valence-electron chi connectivity index (χ0n) is 13.0. The molecule has 1 saturated carbocycles. The molecule has 6 heteroatoms. The molecular formula is C16H19FN4O. The molecule has 116 valence electrons. The van der Waals surface area contributed by atoms with Gasteiger partial charge in [-0.1, -0.05) is 0 Å². The van der Waals surface area contributed by atoms with Gasteiger partial charge in [0.2, 0.25) is 5.82 Å². The van der Waals surface area contributed by atoms with Gasteiger partial charge in [-0.15, -0.1) is 5.10 Å². The van der Waals surface area contributed by atoms with Crippen molar-refractivity contribution in [1.82, 2.24) is 19.7 Å². The molecule has 2 aromatic rings. The van der Waals surface area contributed by atoms with Crippen LogP contribution in [0.3, 0.4) is 0 Å². The first-order valence-electron chi connectivity index (χ1n) is 7.44. The van der Waals surface area contributed by atoms with Gasteiger partial charge in [-0.25, -0.2) is 14.1 Å². The molecule has 0 unspecified atom stereocenters. The Kier molecular flexibility index (Phi) is 3.68. The topological polar surface area (TPSA) is 51.0 Å². The Morgan fingerprint density at radius 3 is 2.59 bits per heavy atom. The summed E-state index contributed by atoms with van der Waals surface area (Å²) in [7, 11) is 1.79. The molecule has 1 aliphatic carbocycles. The largest absolute Gasteiger partial charge is 0.336 e. The Balaban J connectivity index is 1.85. The number of amides is 1. The number of aromatic nitrogens is 3. The number of hydrogen-bond acceptors (Lipinski definition) is 3. The maximum absolute atomic E-state index is 13.0. The van der Waals surface area contributed by atoms with E-state index in [1.807, 2.05) is 0 Å². The van der Waals surface area contributed by atoms with Crippen LogP contribution in [0.4, 0.5) is 4.39 Å². The lowest BCUT2D eigenvalue weighted by Crippen LogP contribution is -2.37. The number of rotatable bonds is 4. The average molecular weight is 302 g/mol. The van der Waals surface area contributed by atoms with Crippen molar-refractivity contribution in [2.75, 3.05) is 7.05 Å². The van der Waals surface area contributed by atoms with Crippen LogP contribution in [0.5, 0.6) is 0 Å². The number of hydrogen-bond donors (Lipinski definition) is 0. The molecule has 1 aliphatic rings. The van der Waals surface area contributed by atoms with Crippen molar-refractivity contribution < 1.29 is 9.18 Å². The Bertz CT molecular complexity index is 691. The summed E-state index contributed by atoms with van der Waals surface area (Å²) in [6, 6.07) is 6.15. The van der Waals surface area contributed by atoms with Gasteiger partial charge < -0.3 is 4.90 Å². The zero-order chi connectivity index (χ0) is 15.9. The second kappa shape index (κ2) is 5.51. The predicted molar refractivity (Wildman–Crippen MR) is 80.3 cm³/mol. The Morgan fingerprint density at radius 1 is 1.36 bits per heavy atom. The van der Waals surface area contributed by atoms with Gasteiger partial charge in [-0.2, -0.15) is 0 Å². The highest BCUT2D eigenvalue weighted by Crippen LogP contribution is 2.34. The molecule has 1 aromatic heterocycles. The van der Waals surface area contributed by atoms with Crippen molar-refractivity contribution in [2.45, 2.75) is 32.7 Å². The predicted octanol–water partition coefficient (Wildman–Crippen LogP) is 2.59. The van der Waals surface area contributed by atoms with Crippen LogP contribution in [-0.2, 0) is 0 Å². The van der Waals surface area contributed by atoms with Gasteiger partial charge in [0.25, 0.3) is 5.91 Å². The van der Waals surface area contributed by atoms with E-state index >= 15 is 0 Å². The minimum Gasteiger partial charge on any atom is -0.336 e. The minimum atomic E-state index is -0.309. The first kappa shape index (κ1) is 14.7. The van der Waals surface area contributed by atoms with Crippen molar-refractivity contribution in [3.05, 3.63) is 41.7 Å². The number of carbonyl (C=O) groups is 1. The smallest absolute Gasteiger partial charge is 0.293 e. The Labute approximate surface area is 128 Å². The van der Waals surface area contributed by atoms with Gasteiger partial charge >= 0.3 is 0 Å². The molecule has 0 bridgehead atoms. The lowest BCUT2D eigenvalue weighted by Gasteiger charge is -2.23. The van der Waals surface area contributed by atoms with Crippen LogP contribution >= 0.6 is 0 Å². The van der Waals surface area contributed by atoms with Gasteiger partial charge in [0.1, 0.15) is 11.6 Å². The van der Waals surface area contributed by atoms with Gasteiger partial charge in [0, 0.05) is 13.1 Å². The van der Waals surface area contributed by atoms with E-state index in [1.165, 1.54) is 25.0 Å². The second-order valence-electron chi connectivity index (χ2n) is 5.86. The highest BCUT2D eigenvalue weighted by Gasteiger charge is 2.33. The third kappa shape index (κ3) is 2.73. The molecule has 1 atom stereocenters. The summed E-state index contributed by atoms with van der Waals surface area (Å²) < 4.78 is 14.6. The fourth-order valence-electron chi connectivity index (χ4n) is 2.55. The standard InChI is InChI=1S/C16H19FN4O/c1-10(12-4-5-12)20(3)16(22)15-18-11(2)21(19-15)14-8-6-13(17)7-9-14/h6-10,12H,4-5H2,1-3H3/t10-/m1/s1. The van der Waals surface area contributed by atoms with E-state index in [0.717, 1.165) is 0 Å². The number of benzene rings is 1. The maximum atomic E-state index is 13.0. The summed E-state index contributed by atoms with van der Waals surface area (Å²) in [6.07, 6.45) is 2.35. The monoisotopic (exact) mass is 302 g/mol. The number of halogens is 1. The van der Waals surface area contributed by atoms with E-state index in [-0.39, 0.29) is 23.6 Å². The van der Waals surface area contributed by atoms with Crippen LogP contribution in [0.25, 0.3) is 5.69 Å². The first-order chi connectivity index (χ1) is 10.5. The minimum absolute atomic E-state index is 0.177. The molecule has 0 spiro atoms. The molecule has 1 amide bonds. The lowest BCUT2D eigenvalue weighted by molar-refractivity contribution is 0.0715. The van der Waals surface area contributed by atoms with Gasteiger partial charge in [-0.3, -0.25) is 4.79 Å². The van der Waals surface area contributed by atoms with Crippen molar-refractivity contribution in [3.8, 4) is 5.69 Å². The summed E-state index contributed by atoms with van der Waals surface area (Å²) in [5.41, 5.74) is 0.684. The molecule has 0 radical (unpaired) electrons. The van der Waals surface area contributed by atoms with Crippen molar-refractivity contribution in [3.63, 3.8) is 0 Å². The Hall–Kier alpha value is -2.24. The van der Waals surface area contributed by atoms with Gasteiger partial charge in [0.05, 0.1) is 5.69 Å². The fourth-order valence-corrected chi connectivity index (χ4v) is 2.55. The third-order valence-corrected chi connectivity index (χ3v) is 4.27. The average Bonchev–Trinajstić information content (AvgIpc) is 3.29. The quantitative estimate of drug-likeness (QED) is 0.872. The summed E-state index contributed by atoms with van der Waals surface area (Å²) in [5, 5.41) is 4.28. The highest BCUT2D eigenvalue weighted by atomic mass is 19.1. The van der Waals surface area contributed by atoms with E-state index in [1.54, 1.807) is 35.7 Å². The van der Waals surface area contributed by atoms with Crippen LogP contribution in [0.2, 0.25) is 0 Å². The molecule has 1 aromatic carbocycles. The van der Waals surface area contributed by atoms with E-state index in [0.29, 0.717) is 17.4 Å². The van der Waals surface area contributed by atoms with E-state index in [9.17, 15) is 9.18 Å². The van der Waals surface area contributed by atoms with Crippen molar-refractivity contribution >= 4 is 5.91 Å². The SMILES string of the molecule is Cc1nc(C(=O)N(C)[C@H](C)C2CC2)nn1-c1ccc(F)cc1. The molecule has 1 fully saturated rings. The highest BCUT2D eigenvalue weighted by molar-refractivity contribution is 5.90. The normalized spacial score (nSPS) is 15.6. The molecule has 22 heavy (non-hydrogen) atoms. The molecule has 3 rings (SSSR count). The van der Waals surface area contributed by atoms with E-state index in [2.05, 4.69) is 17.0 Å². The van der Waals surface area contributed by atoms with E-state index < -0.39 is 0 Å². The van der Waals surface area contributed by atoms with Crippen LogP contribution in [0.15, 0.2) is 24.3 Å². The molecule has 1 heterocycles. The Morgan fingerprint density at radius 2 is 2.00 bits per heavy atom. The third-order valence-electron chi connectivity index (χ3n) is 4.27. The van der Waals surface area contributed by atoms with Crippen LogP contribution in [-0.4, -0.2) is 38.7 Å². The molecule has 0 saturated heterocycles. The van der Waals surface area contributed by atoms with Gasteiger partial charge in [0.15, 0.2) is 0 Å². The number of nitrogens with zero attached hydrogens (tertiary/aromatic N) is 4. The molecule has 0 N–H and O–H groups in total. The van der Waals surface area contributed by atoms with Crippen LogP contribution in [0, 0.1) is 18.7 Å².